The SMILES string of the molecule is O=c1[nH]cnc(NC2CCC(Cl)CC2)c1Br. The Morgan fingerprint density at radius 2 is 2.12 bits per heavy atom. The molecule has 1 saturated carbocycles. The van der Waals surface area contributed by atoms with Crippen LogP contribution in [-0.4, -0.2) is 21.4 Å². The summed E-state index contributed by atoms with van der Waals surface area (Å²) < 4.78 is 0.461. The van der Waals surface area contributed by atoms with Gasteiger partial charge in [-0.05, 0) is 41.6 Å². The maximum absolute atomic E-state index is 11.3. The second kappa shape index (κ2) is 5.19. The van der Waals surface area contributed by atoms with E-state index in [9.17, 15) is 4.79 Å². The Kier molecular flexibility index (Phi) is 3.86. The highest BCUT2D eigenvalue weighted by Gasteiger charge is 2.20. The van der Waals surface area contributed by atoms with Crippen LogP contribution in [0.4, 0.5) is 5.82 Å². The summed E-state index contributed by atoms with van der Waals surface area (Å²) >= 11 is 9.26. The third kappa shape index (κ3) is 2.77. The molecule has 1 aromatic heterocycles. The second-order valence-electron chi connectivity index (χ2n) is 3.99. The number of halogens is 2. The lowest BCUT2D eigenvalue weighted by molar-refractivity contribution is 0.467. The normalized spacial score (nSPS) is 25.4. The standard InChI is InChI=1S/C10H13BrClN3O/c11-8-9(13-5-14-10(8)16)15-7-3-1-6(12)2-4-7/h5-7H,1-4H2,(H2,13,14,15,16). The summed E-state index contributed by atoms with van der Waals surface area (Å²) in [5.41, 5.74) is -0.163. The predicted octanol–water partition coefficient (Wildman–Crippen LogP) is 2.49. The number of anilines is 1. The molecule has 0 radical (unpaired) electrons. The van der Waals surface area contributed by atoms with E-state index < -0.39 is 0 Å². The number of H-pyrrole nitrogens is 1. The molecular formula is C10H13BrClN3O. The van der Waals surface area contributed by atoms with E-state index in [1.807, 2.05) is 0 Å². The minimum Gasteiger partial charge on any atom is -0.366 e. The van der Waals surface area contributed by atoms with E-state index in [0.717, 1.165) is 25.7 Å². The van der Waals surface area contributed by atoms with Gasteiger partial charge in [0.15, 0.2) is 0 Å². The average Bonchev–Trinajstić information content (AvgIpc) is 2.28. The first-order valence-electron chi connectivity index (χ1n) is 5.30. The smallest absolute Gasteiger partial charge is 0.267 e. The Morgan fingerprint density at radius 1 is 1.44 bits per heavy atom. The van der Waals surface area contributed by atoms with Crippen LogP contribution in [0.3, 0.4) is 0 Å². The van der Waals surface area contributed by atoms with Gasteiger partial charge in [-0.3, -0.25) is 4.79 Å². The lowest BCUT2D eigenvalue weighted by Gasteiger charge is -2.26. The van der Waals surface area contributed by atoms with Gasteiger partial charge >= 0.3 is 0 Å². The number of alkyl halides is 1. The number of aromatic amines is 1. The summed E-state index contributed by atoms with van der Waals surface area (Å²) in [4.78, 5) is 17.9. The molecule has 2 N–H and O–H groups in total. The monoisotopic (exact) mass is 305 g/mol. The topological polar surface area (TPSA) is 57.8 Å². The van der Waals surface area contributed by atoms with Crippen LogP contribution < -0.4 is 10.9 Å². The summed E-state index contributed by atoms with van der Waals surface area (Å²) in [6, 6.07) is 0.362. The summed E-state index contributed by atoms with van der Waals surface area (Å²) in [6.45, 7) is 0. The molecule has 0 aliphatic heterocycles. The molecular weight excluding hydrogens is 293 g/mol. The first-order valence-corrected chi connectivity index (χ1v) is 6.53. The van der Waals surface area contributed by atoms with Gasteiger partial charge < -0.3 is 10.3 Å². The first-order chi connectivity index (χ1) is 7.66. The van der Waals surface area contributed by atoms with Gasteiger partial charge in [-0.25, -0.2) is 4.98 Å². The van der Waals surface area contributed by atoms with Crippen LogP contribution in [0.1, 0.15) is 25.7 Å². The van der Waals surface area contributed by atoms with Gasteiger partial charge in [-0.15, -0.1) is 11.6 Å². The van der Waals surface area contributed by atoms with E-state index in [0.29, 0.717) is 21.7 Å². The van der Waals surface area contributed by atoms with Gasteiger partial charge in [0, 0.05) is 11.4 Å². The molecule has 0 bridgehead atoms. The highest BCUT2D eigenvalue weighted by atomic mass is 79.9. The molecule has 16 heavy (non-hydrogen) atoms. The number of hydrogen-bond donors (Lipinski definition) is 2. The fourth-order valence-corrected chi connectivity index (χ4v) is 2.46. The largest absolute Gasteiger partial charge is 0.366 e. The molecule has 88 valence electrons. The molecule has 4 nitrogen and oxygen atoms in total. The van der Waals surface area contributed by atoms with E-state index in [2.05, 4.69) is 31.2 Å². The average molecular weight is 307 g/mol. The molecule has 1 fully saturated rings. The molecule has 6 heteroatoms. The molecule has 2 rings (SSSR count). The first kappa shape index (κ1) is 11.9. The Bertz CT molecular complexity index is 415. The molecule has 0 atom stereocenters. The van der Waals surface area contributed by atoms with Crippen LogP contribution >= 0.6 is 27.5 Å². The van der Waals surface area contributed by atoms with Crippen molar-refractivity contribution in [2.24, 2.45) is 0 Å². The minimum atomic E-state index is -0.163. The Balaban J connectivity index is 2.04. The van der Waals surface area contributed by atoms with Crippen molar-refractivity contribution in [3.63, 3.8) is 0 Å². The summed E-state index contributed by atoms with van der Waals surface area (Å²) in [5.74, 6) is 0.613. The van der Waals surface area contributed by atoms with E-state index in [4.69, 9.17) is 11.6 Å². The zero-order valence-corrected chi connectivity index (χ0v) is 11.0. The lowest BCUT2D eigenvalue weighted by Crippen LogP contribution is -2.27. The predicted molar refractivity (Wildman–Crippen MR) is 68.1 cm³/mol. The maximum atomic E-state index is 11.3. The third-order valence-corrected chi connectivity index (χ3v) is 3.97. The minimum absolute atomic E-state index is 0.163. The highest BCUT2D eigenvalue weighted by Crippen LogP contribution is 2.26. The van der Waals surface area contributed by atoms with E-state index in [1.54, 1.807) is 0 Å². The molecule has 0 amide bonds. The van der Waals surface area contributed by atoms with Gasteiger partial charge in [0.2, 0.25) is 0 Å². The summed E-state index contributed by atoms with van der Waals surface area (Å²) in [5, 5.41) is 3.57. The van der Waals surface area contributed by atoms with Crippen molar-refractivity contribution in [1.29, 1.82) is 0 Å². The van der Waals surface area contributed by atoms with Crippen LogP contribution in [-0.2, 0) is 0 Å². The van der Waals surface area contributed by atoms with E-state index in [1.165, 1.54) is 6.33 Å². The van der Waals surface area contributed by atoms with Crippen LogP contribution in [0.15, 0.2) is 15.6 Å². The van der Waals surface area contributed by atoms with Crippen molar-refractivity contribution in [3.8, 4) is 0 Å². The van der Waals surface area contributed by atoms with Crippen molar-refractivity contribution in [2.75, 3.05) is 5.32 Å². The molecule has 0 spiro atoms. The van der Waals surface area contributed by atoms with Crippen molar-refractivity contribution in [3.05, 3.63) is 21.2 Å². The van der Waals surface area contributed by atoms with Gasteiger partial charge in [0.05, 0.1) is 6.33 Å². The Hall–Kier alpha value is -0.550. The zero-order valence-electron chi connectivity index (χ0n) is 8.67. The van der Waals surface area contributed by atoms with Crippen LogP contribution in [0.5, 0.6) is 0 Å². The van der Waals surface area contributed by atoms with Gasteiger partial charge in [0.1, 0.15) is 10.3 Å². The number of aromatic nitrogens is 2. The molecule has 1 aromatic rings. The van der Waals surface area contributed by atoms with Gasteiger partial charge in [-0.1, -0.05) is 0 Å². The number of hydrogen-bond acceptors (Lipinski definition) is 3. The quantitative estimate of drug-likeness (QED) is 0.825. The molecule has 1 aliphatic carbocycles. The highest BCUT2D eigenvalue weighted by molar-refractivity contribution is 9.10. The molecule has 0 unspecified atom stereocenters. The van der Waals surface area contributed by atoms with Crippen molar-refractivity contribution < 1.29 is 0 Å². The van der Waals surface area contributed by atoms with Crippen molar-refractivity contribution in [1.82, 2.24) is 9.97 Å². The fraction of sp³-hybridized carbons (Fsp3) is 0.600. The summed E-state index contributed by atoms with van der Waals surface area (Å²) in [6.07, 6.45) is 5.48. The Labute approximate surface area is 107 Å². The van der Waals surface area contributed by atoms with Gasteiger partial charge in [0.25, 0.3) is 5.56 Å². The number of nitrogens with one attached hydrogen (secondary N) is 2. The van der Waals surface area contributed by atoms with E-state index in [-0.39, 0.29) is 5.56 Å². The molecule has 1 heterocycles. The van der Waals surface area contributed by atoms with Crippen molar-refractivity contribution in [2.45, 2.75) is 37.1 Å². The summed E-state index contributed by atoms with van der Waals surface area (Å²) in [7, 11) is 0. The maximum Gasteiger partial charge on any atom is 0.267 e. The number of nitrogens with zero attached hydrogens (tertiary/aromatic N) is 1. The van der Waals surface area contributed by atoms with Crippen LogP contribution in [0.25, 0.3) is 0 Å². The second-order valence-corrected chi connectivity index (χ2v) is 5.40. The third-order valence-electron chi connectivity index (χ3n) is 2.79. The fourth-order valence-electron chi connectivity index (χ4n) is 1.87. The Morgan fingerprint density at radius 3 is 2.81 bits per heavy atom. The van der Waals surface area contributed by atoms with Crippen LogP contribution in [0.2, 0.25) is 0 Å². The number of rotatable bonds is 2. The zero-order chi connectivity index (χ0) is 11.5. The molecule has 1 aliphatic rings. The van der Waals surface area contributed by atoms with Crippen LogP contribution in [0, 0.1) is 0 Å². The lowest BCUT2D eigenvalue weighted by atomic mass is 9.95. The van der Waals surface area contributed by atoms with E-state index >= 15 is 0 Å². The molecule has 0 aromatic carbocycles. The van der Waals surface area contributed by atoms with Gasteiger partial charge in [-0.2, -0.15) is 0 Å². The van der Waals surface area contributed by atoms with Crippen molar-refractivity contribution >= 4 is 33.3 Å². The molecule has 0 saturated heterocycles.